The van der Waals surface area contributed by atoms with Crippen molar-refractivity contribution in [3.8, 4) is 0 Å². The first-order valence-electron chi connectivity index (χ1n) is 16.0. The van der Waals surface area contributed by atoms with Crippen LogP contribution in [0.25, 0.3) is 0 Å². The van der Waals surface area contributed by atoms with Gasteiger partial charge in [-0.3, -0.25) is 33.0 Å². The van der Waals surface area contributed by atoms with Gasteiger partial charge < -0.3 is 47.9 Å². The summed E-state index contributed by atoms with van der Waals surface area (Å²) in [6, 6.07) is 5.72. The summed E-state index contributed by atoms with van der Waals surface area (Å²) in [4.78, 5) is 72.7. The van der Waals surface area contributed by atoms with E-state index >= 15 is 0 Å². The maximum absolute atomic E-state index is 13.1. The molecule has 1 aromatic rings. The molecule has 0 bridgehead atoms. The molecule has 2 aliphatic rings. The van der Waals surface area contributed by atoms with Gasteiger partial charge in [0.05, 0.1) is 11.5 Å². The second-order valence-corrected chi connectivity index (χ2v) is 13.3. The molecule has 2 fully saturated rings. The zero-order valence-corrected chi connectivity index (χ0v) is 30.4. The SMILES string of the molecule is CNC(=O)CO[C@H]1C[C@@H](OC(C)=O)[C@H](O[C@@H]2O[C@H](COS(=O)(=O)c3ccc(C)cc3)[C@H](OC(C)=O)[C@H](OC(C)=O)[C@H]2OC(C)=O)[C@@H](COC(C)=O)O1. The van der Waals surface area contributed by atoms with Crippen molar-refractivity contribution < 1.29 is 84.0 Å². The van der Waals surface area contributed by atoms with Crippen LogP contribution in [0.1, 0.15) is 46.6 Å². The maximum Gasteiger partial charge on any atom is 0.303 e. The minimum Gasteiger partial charge on any atom is -0.463 e. The second-order valence-electron chi connectivity index (χ2n) is 11.7. The number of nitrogens with one attached hydrogen (secondary N) is 1. The van der Waals surface area contributed by atoms with Gasteiger partial charge in [-0.05, 0) is 19.1 Å². The highest BCUT2D eigenvalue weighted by Gasteiger charge is 2.55. The number of carbonyl (C=O) groups excluding carboxylic acids is 6. The van der Waals surface area contributed by atoms with Crippen molar-refractivity contribution in [1.82, 2.24) is 5.32 Å². The van der Waals surface area contributed by atoms with Crippen LogP contribution in [0.4, 0.5) is 0 Å². The van der Waals surface area contributed by atoms with Gasteiger partial charge >= 0.3 is 29.8 Å². The highest BCUT2D eigenvalue weighted by molar-refractivity contribution is 7.86. The molecular formula is C32H43NO18S. The van der Waals surface area contributed by atoms with E-state index in [1.165, 1.54) is 19.2 Å². The molecule has 0 spiro atoms. The average molecular weight is 762 g/mol. The molecule has 2 saturated heterocycles. The molecular weight excluding hydrogens is 718 g/mol. The van der Waals surface area contributed by atoms with Crippen molar-refractivity contribution in [2.75, 3.05) is 26.9 Å². The molecule has 0 aromatic heterocycles. The number of esters is 5. The summed E-state index contributed by atoms with van der Waals surface area (Å²) in [5, 5.41) is 2.38. The molecule has 290 valence electrons. The Labute approximate surface area is 299 Å². The maximum atomic E-state index is 13.1. The highest BCUT2D eigenvalue weighted by Crippen LogP contribution is 2.35. The number of aryl methyl sites for hydroxylation is 1. The fraction of sp³-hybridized carbons (Fsp3) is 0.625. The van der Waals surface area contributed by atoms with Crippen molar-refractivity contribution in [3.63, 3.8) is 0 Å². The molecule has 20 heteroatoms. The van der Waals surface area contributed by atoms with Crippen molar-refractivity contribution in [3.05, 3.63) is 29.8 Å². The lowest BCUT2D eigenvalue weighted by atomic mass is 9.97. The van der Waals surface area contributed by atoms with E-state index in [2.05, 4.69) is 5.32 Å². The predicted molar refractivity (Wildman–Crippen MR) is 170 cm³/mol. The molecule has 1 aromatic carbocycles. The minimum atomic E-state index is -4.44. The summed E-state index contributed by atoms with van der Waals surface area (Å²) < 4.78 is 82.4. The van der Waals surface area contributed by atoms with Gasteiger partial charge in [0.25, 0.3) is 10.1 Å². The van der Waals surface area contributed by atoms with E-state index in [1.54, 1.807) is 19.1 Å². The lowest BCUT2D eigenvalue weighted by molar-refractivity contribution is -0.345. The third-order valence-electron chi connectivity index (χ3n) is 7.42. The van der Waals surface area contributed by atoms with Crippen molar-refractivity contribution in [2.45, 2.75) is 108 Å². The van der Waals surface area contributed by atoms with Crippen LogP contribution in [0, 0.1) is 6.92 Å². The summed E-state index contributed by atoms with van der Waals surface area (Å²) in [5.74, 6) is -4.75. The number of amides is 1. The molecule has 0 saturated carbocycles. The van der Waals surface area contributed by atoms with Crippen LogP contribution in [0.15, 0.2) is 29.2 Å². The van der Waals surface area contributed by atoms with Gasteiger partial charge in [0.1, 0.15) is 37.6 Å². The third kappa shape index (κ3) is 12.5. The Morgan fingerprint density at radius 1 is 0.731 bits per heavy atom. The van der Waals surface area contributed by atoms with Gasteiger partial charge in [-0.2, -0.15) is 8.42 Å². The molecule has 0 aliphatic carbocycles. The van der Waals surface area contributed by atoms with Crippen LogP contribution < -0.4 is 5.32 Å². The lowest BCUT2D eigenvalue weighted by Gasteiger charge is -2.47. The average Bonchev–Trinajstić information content (AvgIpc) is 3.04. The predicted octanol–water partition coefficient (Wildman–Crippen LogP) is -0.0221. The van der Waals surface area contributed by atoms with Crippen LogP contribution >= 0.6 is 0 Å². The Bertz CT molecular complexity index is 1550. The van der Waals surface area contributed by atoms with Crippen LogP contribution in [0.5, 0.6) is 0 Å². The first kappa shape index (κ1) is 42.2. The number of ether oxygens (including phenoxy) is 9. The van der Waals surface area contributed by atoms with E-state index in [-0.39, 0.29) is 11.3 Å². The minimum absolute atomic E-state index is 0.204. The Kier molecular flexibility index (Phi) is 15.4. The van der Waals surface area contributed by atoms with E-state index in [4.69, 9.17) is 46.8 Å². The van der Waals surface area contributed by atoms with Crippen LogP contribution in [-0.2, 0) is 85.7 Å². The summed E-state index contributed by atoms with van der Waals surface area (Å²) in [5.41, 5.74) is 0.778. The zero-order chi connectivity index (χ0) is 38.7. The molecule has 0 unspecified atom stereocenters. The number of benzene rings is 1. The lowest BCUT2D eigenvalue weighted by Crippen LogP contribution is -2.65. The van der Waals surface area contributed by atoms with Crippen molar-refractivity contribution >= 4 is 45.9 Å². The zero-order valence-electron chi connectivity index (χ0n) is 29.6. The Balaban J connectivity index is 2.06. The molecule has 0 radical (unpaired) electrons. The molecule has 9 atom stereocenters. The summed E-state index contributed by atoms with van der Waals surface area (Å²) in [7, 11) is -3.05. The number of likely N-dealkylation sites (N-methyl/N-ethyl adjacent to an activating group) is 1. The molecule has 2 heterocycles. The molecule has 1 N–H and O–H groups in total. The molecule has 52 heavy (non-hydrogen) atoms. The number of carbonyl (C=O) groups is 6. The molecule has 19 nitrogen and oxygen atoms in total. The Morgan fingerprint density at radius 3 is 1.85 bits per heavy atom. The van der Waals surface area contributed by atoms with Gasteiger partial charge in [0.2, 0.25) is 5.91 Å². The third-order valence-corrected chi connectivity index (χ3v) is 8.71. The first-order valence-corrected chi connectivity index (χ1v) is 17.4. The Morgan fingerprint density at radius 2 is 1.29 bits per heavy atom. The molecule has 2 aliphatic heterocycles. The quantitative estimate of drug-likeness (QED) is 0.140. The topological polar surface area (TPSA) is 241 Å². The number of rotatable bonds is 15. The van der Waals surface area contributed by atoms with Crippen LogP contribution in [-0.4, -0.2) is 126 Å². The van der Waals surface area contributed by atoms with E-state index in [1.807, 2.05) is 0 Å². The van der Waals surface area contributed by atoms with Gasteiger partial charge in [0.15, 0.2) is 30.9 Å². The fourth-order valence-corrected chi connectivity index (χ4v) is 6.18. The summed E-state index contributed by atoms with van der Waals surface area (Å²) in [6.45, 7) is 5.27. The van der Waals surface area contributed by atoms with Gasteiger partial charge in [-0.15, -0.1) is 0 Å². The van der Waals surface area contributed by atoms with Crippen LogP contribution in [0.3, 0.4) is 0 Å². The van der Waals surface area contributed by atoms with Gasteiger partial charge in [-0.25, -0.2) is 0 Å². The van der Waals surface area contributed by atoms with Crippen molar-refractivity contribution in [2.24, 2.45) is 0 Å². The van der Waals surface area contributed by atoms with E-state index in [0.29, 0.717) is 0 Å². The van der Waals surface area contributed by atoms with Gasteiger partial charge in [0, 0.05) is 48.1 Å². The normalized spacial score (nSPS) is 27.4. The van der Waals surface area contributed by atoms with Gasteiger partial charge in [-0.1, -0.05) is 17.7 Å². The van der Waals surface area contributed by atoms with E-state index < -0.39 is 121 Å². The van der Waals surface area contributed by atoms with E-state index in [9.17, 15) is 37.2 Å². The Hall–Kier alpha value is -4.21. The molecule has 3 rings (SSSR count). The number of hydrogen-bond donors (Lipinski definition) is 1. The number of hydrogen-bond acceptors (Lipinski definition) is 18. The first-order chi connectivity index (χ1) is 24.4. The second kappa shape index (κ2) is 19.0. The fourth-order valence-electron chi connectivity index (χ4n) is 5.26. The largest absolute Gasteiger partial charge is 0.463 e. The smallest absolute Gasteiger partial charge is 0.303 e. The van der Waals surface area contributed by atoms with Crippen molar-refractivity contribution in [1.29, 1.82) is 0 Å². The van der Waals surface area contributed by atoms with Crippen LogP contribution in [0.2, 0.25) is 0 Å². The highest BCUT2D eigenvalue weighted by atomic mass is 32.2. The standard InChI is InChI=1S/C32H43NO18S/c1-16-8-10-22(11-9-16)52(40,41)44-14-25-29(46-19(4)36)30(47-20(5)37)31(48-21(6)38)32(50-25)51-28-23(45-18(3)35)12-27(43-15-26(39)33-7)49-24(28)13-42-17(2)34/h8-11,23-25,27-32H,12-15H2,1-7H3,(H,33,39)/t23-,24-,25-,27-,28+,29+,30+,31-,32+/m1/s1. The summed E-state index contributed by atoms with van der Waals surface area (Å²) in [6.07, 6.45) is -13.7. The molecule has 1 amide bonds. The van der Waals surface area contributed by atoms with E-state index in [0.717, 1.165) is 40.2 Å². The monoisotopic (exact) mass is 761 g/mol. The summed E-state index contributed by atoms with van der Waals surface area (Å²) >= 11 is 0.